The van der Waals surface area contributed by atoms with E-state index in [9.17, 15) is 13.7 Å². The topological polar surface area (TPSA) is 102 Å². The third-order valence-electron chi connectivity index (χ3n) is 3.02. The summed E-state index contributed by atoms with van der Waals surface area (Å²) in [6.07, 6.45) is 1.61. The van der Waals surface area contributed by atoms with Gasteiger partial charge in [0.05, 0.1) is 21.0 Å². The summed E-state index contributed by atoms with van der Waals surface area (Å²) in [7, 11) is -3.73. The second kappa shape index (κ2) is 5.38. The van der Waals surface area contributed by atoms with Crippen LogP contribution in [0.15, 0.2) is 52.9 Å². The first-order chi connectivity index (χ1) is 10.5. The molecule has 3 rings (SSSR count). The van der Waals surface area contributed by atoms with Gasteiger partial charge in [0.1, 0.15) is 11.8 Å². The van der Waals surface area contributed by atoms with Crippen molar-refractivity contribution in [3.8, 4) is 22.3 Å². The van der Waals surface area contributed by atoms with E-state index in [1.54, 1.807) is 23.0 Å². The van der Waals surface area contributed by atoms with Crippen LogP contribution >= 0.6 is 11.3 Å². The molecule has 0 spiro atoms. The second-order valence-corrected chi connectivity index (χ2v) is 6.97. The van der Waals surface area contributed by atoms with Gasteiger partial charge < -0.3 is 0 Å². The molecule has 0 aliphatic carbocycles. The van der Waals surface area contributed by atoms with Crippen molar-refractivity contribution >= 4 is 21.4 Å². The number of sulfonamides is 1. The van der Waals surface area contributed by atoms with Gasteiger partial charge in [0, 0.05) is 6.20 Å². The van der Waals surface area contributed by atoms with Crippen LogP contribution in [0.25, 0.3) is 16.3 Å². The standard InChI is InChI=1S/C14H10N4O2S2/c15-8-10-9-18(17-14(10)13-2-1-7-21-13)11-3-5-12(6-4-11)22(16,19)20/h1-7,9H,(H2,16,19,20). The van der Waals surface area contributed by atoms with Gasteiger partial charge in [0.2, 0.25) is 10.0 Å². The molecule has 0 amide bonds. The lowest BCUT2D eigenvalue weighted by molar-refractivity contribution is 0.598. The molecule has 2 heterocycles. The maximum absolute atomic E-state index is 11.3. The molecule has 6 nitrogen and oxygen atoms in total. The lowest BCUT2D eigenvalue weighted by atomic mass is 10.2. The Labute approximate surface area is 131 Å². The summed E-state index contributed by atoms with van der Waals surface area (Å²) in [5.74, 6) is 0. The summed E-state index contributed by atoms with van der Waals surface area (Å²) in [6, 6.07) is 11.9. The Hall–Kier alpha value is -2.47. The minimum absolute atomic E-state index is 0.0300. The maximum atomic E-state index is 11.3. The predicted octanol–water partition coefficient (Wildman–Crippen LogP) is 2.12. The predicted molar refractivity (Wildman–Crippen MR) is 83.0 cm³/mol. The van der Waals surface area contributed by atoms with Gasteiger partial charge in [-0.3, -0.25) is 0 Å². The van der Waals surface area contributed by atoms with Crippen molar-refractivity contribution in [2.24, 2.45) is 5.14 Å². The first-order valence-corrected chi connectivity index (χ1v) is 8.58. The number of hydrogen-bond acceptors (Lipinski definition) is 5. The average molecular weight is 330 g/mol. The van der Waals surface area contributed by atoms with Crippen LogP contribution in [0.2, 0.25) is 0 Å². The van der Waals surface area contributed by atoms with Crippen molar-refractivity contribution in [3.05, 3.63) is 53.5 Å². The molecule has 2 aromatic heterocycles. The number of thiophene rings is 1. The van der Waals surface area contributed by atoms with Gasteiger partial charge in [-0.05, 0) is 35.7 Å². The van der Waals surface area contributed by atoms with Crippen LogP contribution in [0.5, 0.6) is 0 Å². The number of hydrogen-bond donors (Lipinski definition) is 1. The van der Waals surface area contributed by atoms with Crippen LogP contribution in [-0.4, -0.2) is 18.2 Å². The number of benzene rings is 1. The van der Waals surface area contributed by atoms with Crippen LogP contribution in [0.3, 0.4) is 0 Å². The van der Waals surface area contributed by atoms with E-state index in [0.717, 1.165) is 4.88 Å². The molecular formula is C14H10N4O2S2. The molecule has 2 N–H and O–H groups in total. The lowest BCUT2D eigenvalue weighted by Gasteiger charge is -2.02. The first kappa shape index (κ1) is 14.5. The lowest BCUT2D eigenvalue weighted by Crippen LogP contribution is -2.12. The Bertz CT molecular complexity index is 949. The van der Waals surface area contributed by atoms with Crippen LogP contribution in [0, 0.1) is 11.3 Å². The molecule has 8 heteroatoms. The minimum atomic E-state index is -3.73. The highest BCUT2D eigenvalue weighted by atomic mass is 32.2. The first-order valence-electron chi connectivity index (χ1n) is 6.16. The van der Waals surface area contributed by atoms with Crippen molar-refractivity contribution in [1.82, 2.24) is 9.78 Å². The Balaban J connectivity index is 2.05. The molecule has 0 bridgehead atoms. The van der Waals surface area contributed by atoms with Gasteiger partial charge in [0.15, 0.2) is 0 Å². The van der Waals surface area contributed by atoms with Gasteiger partial charge in [-0.25, -0.2) is 18.2 Å². The number of primary sulfonamides is 1. The molecule has 22 heavy (non-hydrogen) atoms. The third-order valence-corrected chi connectivity index (χ3v) is 4.82. The van der Waals surface area contributed by atoms with E-state index in [2.05, 4.69) is 11.2 Å². The van der Waals surface area contributed by atoms with Gasteiger partial charge in [0.25, 0.3) is 0 Å². The fraction of sp³-hybridized carbons (Fsp3) is 0. The van der Waals surface area contributed by atoms with Crippen molar-refractivity contribution in [3.63, 3.8) is 0 Å². The van der Waals surface area contributed by atoms with Crippen LogP contribution in [-0.2, 0) is 10.0 Å². The summed E-state index contributed by atoms with van der Waals surface area (Å²) >= 11 is 1.50. The van der Waals surface area contributed by atoms with Gasteiger partial charge in [-0.1, -0.05) is 6.07 Å². The second-order valence-electron chi connectivity index (χ2n) is 4.46. The molecule has 0 saturated heterocycles. The largest absolute Gasteiger partial charge is 0.239 e. The molecule has 1 aromatic carbocycles. The van der Waals surface area contributed by atoms with Gasteiger partial charge in [-0.15, -0.1) is 11.3 Å². The van der Waals surface area contributed by atoms with E-state index in [1.807, 2.05) is 17.5 Å². The normalized spacial score (nSPS) is 11.3. The van der Waals surface area contributed by atoms with Gasteiger partial charge >= 0.3 is 0 Å². The van der Waals surface area contributed by atoms with E-state index in [1.165, 1.54) is 23.5 Å². The zero-order valence-electron chi connectivity index (χ0n) is 11.2. The Morgan fingerprint density at radius 2 is 1.95 bits per heavy atom. The number of rotatable bonds is 3. The van der Waals surface area contributed by atoms with Crippen molar-refractivity contribution < 1.29 is 8.42 Å². The number of nitrogens with zero attached hydrogens (tertiary/aromatic N) is 3. The Morgan fingerprint density at radius 1 is 1.23 bits per heavy atom. The highest BCUT2D eigenvalue weighted by Gasteiger charge is 2.13. The molecule has 0 atom stereocenters. The third kappa shape index (κ3) is 2.65. The number of nitrogens with two attached hydrogens (primary N) is 1. The van der Waals surface area contributed by atoms with E-state index in [0.29, 0.717) is 16.9 Å². The molecule has 0 aliphatic rings. The number of aromatic nitrogens is 2. The SMILES string of the molecule is N#Cc1cn(-c2ccc(S(N)(=O)=O)cc2)nc1-c1cccs1. The maximum Gasteiger partial charge on any atom is 0.238 e. The van der Waals surface area contributed by atoms with E-state index >= 15 is 0 Å². The summed E-state index contributed by atoms with van der Waals surface area (Å²) in [5.41, 5.74) is 1.71. The molecule has 3 aromatic rings. The summed E-state index contributed by atoms with van der Waals surface area (Å²) in [4.78, 5) is 0.929. The van der Waals surface area contributed by atoms with Crippen molar-refractivity contribution in [2.75, 3.05) is 0 Å². The average Bonchev–Trinajstić information content (AvgIpc) is 3.15. The highest BCUT2D eigenvalue weighted by molar-refractivity contribution is 7.89. The zero-order valence-corrected chi connectivity index (χ0v) is 12.8. The van der Waals surface area contributed by atoms with Crippen molar-refractivity contribution in [2.45, 2.75) is 4.90 Å². The molecule has 110 valence electrons. The minimum Gasteiger partial charge on any atom is -0.239 e. The quantitative estimate of drug-likeness (QED) is 0.794. The molecule has 0 fully saturated rings. The van der Waals surface area contributed by atoms with Gasteiger partial charge in [-0.2, -0.15) is 10.4 Å². The summed E-state index contributed by atoms with van der Waals surface area (Å²) in [5, 5.41) is 20.6. The fourth-order valence-corrected chi connectivity index (χ4v) is 3.21. The molecule has 0 unspecified atom stereocenters. The highest BCUT2D eigenvalue weighted by Crippen LogP contribution is 2.27. The summed E-state index contributed by atoms with van der Waals surface area (Å²) < 4.78 is 24.1. The monoisotopic (exact) mass is 330 g/mol. The summed E-state index contributed by atoms with van der Waals surface area (Å²) in [6.45, 7) is 0. The zero-order chi connectivity index (χ0) is 15.7. The molecule has 0 saturated carbocycles. The van der Waals surface area contributed by atoms with E-state index in [4.69, 9.17) is 5.14 Å². The van der Waals surface area contributed by atoms with Crippen LogP contribution < -0.4 is 5.14 Å². The van der Waals surface area contributed by atoms with Crippen LogP contribution in [0.1, 0.15) is 5.56 Å². The molecule has 0 aliphatic heterocycles. The molecule has 0 radical (unpaired) electrons. The van der Waals surface area contributed by atoms with E-state index < -0.39 is 10.0 Å². The van der Waals surface area contributed by atoms with Crippen molar-refractivity contribution in [1.29, 1.82) is 5.26 Å². The van der Waals surface area contributed by atoms with Crippen LogP contribution in [0.4, 0.5) is 0 Å². The Kier molecular flexibility index (Phi) is 3.54. The fourth-order valence-electron chi connectivity index (χ4n) is 1.97. The Morgan fingerprint density at radius 3 is 2.50 bits per heavy atom. The smallest absolute Gasteiger partial charge is 0.238 e. The van der Waals surface area contributed by atoms with E-state index in [-0.39, 0.29) is 4.90 Å². The molecular weight excluding hydrogens is 320 g/mol. The number of nitriles is 1.